The SMILES string of the molecule is CC1(C)CCc2c(C(C)(C)C)nn(-c3ccccn3)c2C1. The third kappa shape index (κ3) is 2.61. The van der Waals surface area contributed by atoms with Crippen molar-refractivity contribution < 1.29 is 0 Å². The topological polar surface area (TPSA) is 30.7 Å². The van der Waals surface area contributed by atoms with Gasteiger partial charge in [-0.15, -0.1) is 0 Å². The smallest absolute Gasteiger partial charge is 0.153 e. The third-order valence-corrected chi connectivity index (χ3v) is 4.36. The van der Waals surface area contributed by atoms with E-state index in [1.165, 1.54) is 23.4 Å². The lowest BCUT2D eigenvalue weighted by Crippen LogP contribution is -2.25. The lowest BCUT2D eigenvalue weighted by Gasteiger charge is -2.31. The Morgan fingerprint density at radius 1 is 1.19 bits per heavy atom. The number of aromatic nitrogens is 3. The Morgan fingerprint density at radius 2 is 1.95 bits per heavy atom. The van der Waals surface area contributed by atoms with Crippen molar-refractivity contribution in [3.05, 3.63) is 41.3 Å². The second-order valence-electron chi connectivity index (χ2n) is 7.96. The normalized spacial score (nSPS) is 17.6. The second kappa shape index (κ2) is 4.69. The molecular formula is C18H25N3. The quantitative estimate of drug-likeness (QED) is 0.789. The van der Waals surface area contributed by atoms with E-state index in [0.717, 1.165) is 18.7 Å². The van der Waals surface area contributed by atoms with E-state index in [-0.39, 0.29) is 5.41 Å². The summed E-state index contributed by atoms with van der Waals surface area (Å²) in [7, 11) is 0. The standard InChI is InChI=1S/C18H25N3/c1-17(2,3)16-13-9-10-18(4,5)12-14(13)21(20-16)15-8-6-7-11-19-15/h6-8,11H,9-10,12H2,1-5H3. The molecule has 2 aromatic heterocycles. The molecular weight excluding hydrogens is 258 g/mol. The van der Waals surface area contributed by atoms with Crippen molar-refractivity contribution in [2.45, 2.75) is 59.3 Å². The Balaban J connectivity index is 2.19. The molecule has 0 bridgehead atoms. The maximum Gasteiger partial charge on any atom is 0.153 e. The molecule has 0 fully saturated rings. The monoisotopic (exact) mass is 283 g/mol. The van der Waals surface area contributed by atoms with E-state index < -0.39 is 0 Å². The fourth-order valence-electron chi connectivity index (χ4n) is 3.21. The highest BCUT2D eigenvalue weighted by Gasteiger charge is 2.34. The first-order valence-corrected chi connectivity index (χ1v) is 7.81. The summed E-state index contributed by atoms with van der Waals surface area (Å²) in [6.07, 6.45) is 5.27. The summed E-state index contributed by atoms with van der Waals surface area (Å²) in [6.45, 7) is 11.4. The number of rotatable bonds is 1. The second-order valence-corrected chi connectivity index (χ2v) is 7.96. The predicted octanol–water partition coefficient (Wildman–Crippen LogP) is 4.08. The van der Waals surface area contributed by atoms with Crippen molar-refractivity contribution in [2.24, 2.45) is 5.41 Å². The van der Waals surface area contributed by atoms with Gasteiger partial charge < -0.3 is 0 Å². The zero-order valence-corrected chi connectivity index (χ0v) is 13.8. The number of fused-ring (bicyclic) bond motifs is 1. The van der Waals surface area contributed by atoms with Crippen LogP contribution in [-0.2, 0) is 18.3 Å². The van der Waals surface area contributed by atoms with Gasteiger partial charge in [0.2, 0.25) is 0 Å². The van der Waals surface area contributed by atoms with E-state index >= 15 is 0 Å². The molecule has 0 radical (unpaired) electrons. The molecule has 0 saturated carbocycles. The fourth-order valence-corrected chi connectivity index (χ4v) is 3.21. The highest BCUT2D eigenvalue weighted by atomic mass is 15.3. The van der Waals surface area contributed by atoms with Gasteiger partial charge in [0.1, 0.15) is 0 Å². The van der Waals surface area contributed by atoms with Gasteiger partial charge in [-0.1, -0.05) is 40.7 Å². The van der Waals surface area contributed by atoms with Crippen LogP contribution in [0, 0.1) is 5.41 Å². The van der Waals surface area contributed by atoms with Gasteiger partial charge in [0.25, 0.3) is 0 Å². The highest BCUT2D eigenvalue weighted by Crippen LogP contribution is 2.39. The number of hydrogen-bond donors (Lipinski definition) is 0. The molecule has 2 heterocycles. The third-order valence-electron chi connectivity index (χ3n) is 4.36. The van der Waals surface area contributed by atoms with Gasteiger partial charge in [-0.3, -0.25) is 0 Å². The van der Waals surface area contributed by atoms with Crippen molar-refractivity contribution >= 4 is 0 Å². The Labute approximate surface area is 127 Å². The molecule has 21 heavy (non-hydrogen) atoms. The Morgan fingerprint density at radius 3 is 2.57 bits per heavy atom. The summed E-state index contributed by atoms with van der Waals surface area (Å²) >= 11 is 0. The Bertz CT molecular complexity index is 645. The van der Waals surface area contributed by atoms with Crippen LogP contribution in [0.1, 0.15) is 58.0 Å². The first kappa shape index (κ1) is 14.3. The first-order valence-electron chi connectivity index (χ1n) is 7.81. The van der Waals surface area contributed by atoms with Crippen molar-refractivity contribution in [1.82, 2.24) is 14.8 Å². The van der Waals surface area contributed by atoms with Gasteiger partial charge >= 0.3 is 0 Å². The minimum atomic E-state index is 0.0750. The summed E-state index contributed by atoms with van der Waals surface area (Å²) in [4.78, 5) is 4.50. The van der Waals surface area contributed by atoms with Crippen LogP contribution in [0.3, 0.4) is 0 Å². The van der Waals surface area contributed by atoms with E-state index in [9.17, 15) is 0 Å². The lowest BCUT2D eigenvalue weighted by molar-refractivity contribution is 0.308. The molecule has 0 amide bonds. The van der Waals surface area contributed by atoms with Crippen molar-refractivity contribution in [3.63, 3.8) is 0 Å². The van der Waals surface area contributed by atoms with Crippen LogP contribution in [0.15, 0.2) is 24.4 Å². The van der Waals surface area contributed by atoms with Crippen LogP contribution in [0.25, 0.3) is 5.82 Å². The van der Waals surface area contributed by atoms with E-state index in [1.807, 2.05) is 24.4 Å². The van der Waals surface area contributed by atoms with Crippen LogP contribution < -0.4 is 0 Å². The van der Waals surface area contributed by atoms with Gasteiger partial charge in [-0.2, -0.15) is 5.10 Å². The molecule has 0 atom stereocenters. The van der Waals surface area contributed by atoms with Crippen LogP contribution in [-0.4, -0.2) is 14.8 Å². The molecule has 3 heteroatoms. The molecule has 0 N–H and O–H groups in total. The van der Waals surface area contributed by atoms with Gasteiger partial charge in [0.15, 0.2) is 5.82 Å². The number of hydrogen-bond acceptors (Lipinski definition) is 2. The van der Waals surface area contributed by atoms with E-state index in [4.69, 9.17) is 5.10 Å². The van der Waals surface area contributed by atoms with E-state index in [2.05, 4.69) is 44.3 Å². The van der Waals surface area contributed by atoms with Crippen LogP contribution in [0.5, 0.6) is 0 Å². The summed E-state index contributed by atoms with van der Waals surface area (Å²) in [5.74, 6) is 0.932. The van der Waals surface area contributed by atoms with Gasteiger partial charge in [0.05, 0.1) is 11.4 Å². The molecule has 3 rings (SSSR count). The molecule has 0 saturated heterocycles. The molecule has 3 nitrogen and oxygen atoms in total. The fraction of sp³-hybridized carbons (Fsp3) is 0.556. The zero-order valence-electron chi connectivity index (χ0n) is 13.8. The highest BCUT2D eigenvalue weighted by molar-refractivity contribution is 5.38. The number of pyridine rings is 1. The van der Waals surface area contributed by atoms with Crippen molar-refractivity contribution in [2.75, 3.05) is 0 Å². The molecule has 1 aliphatic carbocycles. The summed E-state index contributed by atoms with van der Waals surface area (Å²) in [5.41, 5.74) is 4.46. The first-order chi connectivity index (χ1) is 9.78. The maximum atomic E-state index is 4.95. The largest absolute Gasteiger partial charge is 0.237 e. The minimum absolute atomic E-state index is 0.0750. The van der Waals surface area contributed by atoms with Gasteiger partial charge in [0, 0.05) is 11.6 Å². The molecule has 0 aliphatic heterocycles. The van der Waals surface area contributed by atoms with Crippen molar-refractivity contribution in [1.29, 1.82) is 0 Å². The lowest BCUT2D eigenvalue weighted by atomic mass is 9.74. The van der Waals surface area contributed by atoms with Crippen molar-refractivity contribution in [3.8, 4) is 5.82 Å². The summed E-state index contributed by atoms with van der Waals surface area (Å²) in [6, 6.07) is 6.02. The van der Waals surface area contributed by atoms with Gasteiger partial charge in [-0.25, -0.2) is 9.67 Å². The van der Waals surface area contributed by atoms with Crippen LogP contribution in [0.4, 0.5) is 0 Å². The van der Waals surface area contributed by atoms with Crippen LogP contribution in [0.2, 0.25) is 0 Å². The zero-order chi connectivity index (χ0) is 15.3. The average molecular weight is 283 g/mol. The molecule has 112 valence electrons. The Hall–Kier alpha value is -1.64. The van der Waals surface area contributed by atoms with Gasteiger partial charge in [-0.05, 0) is 42.4 Å². The Kier molecular flexibility index (Phi) is 3.19. The average Bonchev–Trinajstić information content (AvgIpc) is 2.77. The van der Waals surface area contributed by atoms with E-state index in [0.29, 0.717) is 5.41 Å². The molecule has 1 aliphatic rings. The predicted molar refractivity (Wildman–Crippen MR) is 85.9 cm³/mol. The molecule has 2 aromatic rings. The van der Waals surface area contributed by atoms with Crippen LogP contribution >= 0.6 is 0 Å². The van der Waals surface area contributed by atoms with E-state index in [1.54, 1.807) is 0 Å². The number of nitrogens with zero attached hydrogens (tertiary/aromatic N) is 3. The summed E-state index contributed by atoms with van der Waals surface area (Å²) in [5, 5.41) is 4.95. The molecule has 0 unspecified atom stereocenters. The maximum absolute atomic E-state index is 4.95. The summed E-state index contributed by atoms with van der Waals surface area (Å²) < 4.78 is 2.08. The minimum Gasteiger partial charge on any atom is -0.237 e. The molecule has 0 aromatic carbocycles. The molecule has 0 spiro atoms.